The number of hydrogen-bond donors (Lipinski definition) is 1. The highest BCUT2D eigenvalue weighted by Gasteiger charge is 2.19. The fourth-order valence-electron chi connectivity index (χ4n) is 2.13. The normalized spacial score (nSPS) is 12.2. The van der Waals surface area contributed by atoms with Gasteiger partial charge in [0.15, 0.2) is 0 Å². The zero-order chi connectivity index (χ0) is 15.4. The number of hydrogen-bond acceptors (Lipinski definition) is 1. The fraction of sp³-hybridized carbons (Fsp3) is 0.235. The van der Waals surface area contributed by atoms with Gasteiger partial charge >= 0.3 is 0 Å². The smallest absolute Gasteiger partial charge is 0.251 e. The first-order valence-electron chi connectivity index (χ1n) is 6.79. The second-order valence-corrected chi connectivity index (χ2v) is 5.25. The molecule has 0 aliphatic heterocycles. The number of amides is 1. The van der Waals surface area contributed by atoms with Crippen LogP contribution in [0.25, 0.3) is 0 Å². The number of halogens is 2. The number of rotatable bonds is 4. The first-order chi connectivity index (χ1) is 9.97. The van der Waals surface area contributed by atoms with Crippen molar-refractivity contribution in [1.82, 2.24) is 5.32 Å². The molecule has 0 saturated heterocycles. The van der Waals surface area contributed by atoms with Crippen LogP contribution in [0.15, 0.2) is 48.5 Å². The van der Waals surface area contributed by atoms with Gasteiger partial charge in [-0.05, 0) is 47.9 Å². The van der Waals surface area contributed by atoms with Crippen LogP contribution in [-0.4, -0.2) is 5.91 Å². The molecule has 0 spiro atoms. The number of nitrogens with one attached hydrogen (secondary N) is 1. The van der Waals surface area contributed by atoms with E-state index in [1.54, 1.807) is 12.1 Å². The molecule has 4 heteroatoms. The van der Waals surface area contributed by atoms with Crippen LogP contribution >= 0.6 is 0 Å². The Balaban J connectivity index is 2.18. The summed E-state index contributed by atoms with van der Waals surface area (Å²) in [5, 5.41) is 2.90. The third-order valence-electron chi connectivity index (χ3n) is 3.29. The molecule has 2 aromatic rings. The van der Waals surface area contributed by atoms with E-state index in [9.17, 15) is 13.6 Å². The van der Waals surface area contributed by atoms with E-state index in [1.165, 1.54) is 36.4 Å². The van der Waals surface area contributed by atoms with E-state index in [1.807, 2.05) is 13.8 Å². The Morgan fingerprint density at radius 3 is 1.86 bits per heavy atom. The van der Waals surface area contributed by atoms with Crippen LogP contribution in [0.5, 0.6) is 0 Å². The lowest BCUT2D eigenvalue weighted by molar-refractivity contribution is 0.0925. The van der Waals surface area contributed by atoms with Gasteiger partial charge in [0.2, 0.25) is 0 Å². The number of benzene rings is 2. The van der Waals surface area contributed by atoms with Crippen molar-refractivity contribution >= 4 is 5.91 Å². The molecule has 0 radical (unpaired) electrons. The van der Waals surface area contributed by atoms with Gasteiger partial charge in [-0.1, -0.05) is 26.0 Å². The van der Waals surface area contributed by atoms with Gasteiger partial charge in [-0.3, -0.25) is 4.79 Å². The highest BCUT2D eigenvalue weighted by atomic mass is 19.1. The van der Waals surface area contributed by atoms with E-state index in [0.717, 1.165) is 5.56 Å². The summed E-state index contributed by atoms with van der Waals surface area (Å²) in [5.74, 6) is -0.838. The van der Waals surface area contributed by atoms with Crippen molar-refractivity contribution in [2.75, 3.05) is 0 Å². The molecule has 1 N–H and O–H groups in total. The van der Waals surface area contributed by atoms with Crippen molar-refractivity contribution in [3.05, 3.63) is 71.3 Å². The Hall–Kier alpha value is -2.23. The van der Waals surface area contributed by atoms with Crippen molar-refractivity contribution in [2.45, 2.75) is 19.9 Å². The molecule has 0 heterocycles. The number of carbonyl (C=O) groups is 1. The Morgan fingerprint density at radius 1 is 0.905 bits per heavy atom. The second-order valence-electron chi connectivity index (χ2n) is 5.25. The van der Waals surface area contributed by atoms with E-state index < -0.39 is 0 Å². The molecule has 0 bridgehead atoms. The summed E-state index contributed by atoms with van der Waals surface area (Å²) < 4.78 is 25.9. The van der Waals surface area contributed by atoms with E-state index in [2.05, 4.69) is 5.32 Å². The molecule has 0 aromatic heterocycles. The Labute approximate surface area is 122 Å². The van der Waals surface area contributed by atoms with Crippen molar-refractivity contribution < 1.29 is 13.6 Å². The summed E-state index contributed by atoms with van der Waals surface area (Å²) in [4.78, 5) is 12.2. The summed E-state index contributed by atoms with van der Waals surface area (Å²) >= 11 is 0. The van der Waals surface area contributed by atoms with E-state index in [4.69, 9.17) is 0 Å². The molecular formula is C17H17F2NO. The minimum Gasteiger partial charge on any atom is -0.345 e. The first kappa shape index (κ1) is 15.2. The van der Waals surface area contributed by atoms with E-state index >= 15 is 0 Å². The standard InChI is InChI=1S/C17H17F2NO/c1-11(2)16(12-3-7-14(18)8-4-12)20-17(21)13-5-9-15(19)10-6-13/h3-11,16H,1-2H3,(H,20,21). The van der Waals surface area contributed by atoms with Gasteiger partial charge in [0.1, 0.15) is 11.6 Å². The van der Waals surface area contributed by atoms with Gasteiger partial charge in [-0.25, -0.2) is 8.78 Å². The third-order valence-corrected chi connectivity index (χ3v) is 3.29. The molecule has 0 aliphatic carbocycles. The maximum Gasteiger partial charge on any atom is 0.251 e. The summed E-state index contributed by atoms with van der Waals surface area (Å²) in [5.41, 5.74) is 1.23. The highest BCUT2D eigenvalue weighted by Crippen LogP contribution is 2.22. The first-order valence-corrected chi connectivity index (χ1v) is 6.79. The van der Waals surface area contributed by atoms with Gasteiger partial charge in [-0.2, -0.15) is 0 Å². The minimum atomic E-state index is -0.384. The summed E-state index contributed by atoms with van der Waals surface area (Å²) in [6.07, 6.45) is 0. The molecule has 0 aliphatic rings. The molecule has 0 fully saturated rings. The average Bonchev–Trinajstić information content (AvgIpc) is 2.46. The Morgan fingerprint density at radius 2 is 1.38 bits per heavy atom. The Bertz CT molecular complexity index is 606. The minimum absolute atomic E-state index is 0.139. The van der Waals surface area contributed by atoms with Crippen LogP contribution in [0.2, 0.25) is 0 Å². The molecular weight excluding hydrogens is 272 g/mol. The van der Waals surface area contributed by atoms with E-state index in [0.29, 0.717) is 5.56 Å². The van der Waals surface area contributed by atoms with Crippen LogP contribution in [0.1, 0.15) is 35.8 Å². The van der Waals surface area contributed by atoms with Crippen LogP contribution in [0, 0.1) is 17.6 Å². The Kier molecular flexibility index (Phi) is 4.68. The predicted octanol–water partition coefficient (Wildman–Crippen LogP) is 4.09. The molecule has 1 atom stereocenters. The van der Waals surface area contributed by atoms with Gasteiger partial charge in [0.05, 0.1) is 6.04 Å². The van der Waals surface area contributed by atoms with Crippen molar-refractivity contribution in [1.29, 1.82) is 0 Å². The molecule has 110 valence electrons. The van der Waals surface area contributed by atoms with Crippen LogP contribution in [-0.2, 0) is 0 Å². The maximum absolute atomic E-state index is 13.0. The van der Waals surface area contributed by atoms with Gasteiger partial charge in [-0.15, -0.1) is 0 Å². The van der Waals surface area contributed by atoms with Gasteiger partial charge < -0.3 is 5.32 Å². The number of carbonyl (C=O) groups excluding carboxylic acids is 1. The summed E-state index contributed by atoms with van der Waals surface area (Å²) in [6, 6.07) is 11.2. The zero-order valence-electron chi connectivity index (χ0n) is 11.9. The molecule has 0 saturated carbocycles. The van der Waals surface area contributed by atoms with Gasteiger partial charge in [0, 0.05) is 5.56 Å². The fourth-order valence-corrected chi connectivity index (χ4v) is 2.13. The monoisotopic (exact) mass is 289 g/mol. The maximum atomic E-state index is 13.0. The largest absolute Gasteiger partial charge is 0.345 e. The molecule has 1 unspecified atom stereocenters. The molecule has 2 nitrogen and oxygen atoms in total. The lowest BCUT2D eigenvalue weighted by atomic mass is 9.95. The van der Waals surface area contributed by atoms with Crippen LogP contribution < -0.4 is 5.32 Å². The average molecular weight is 289 g/mol. The van der Waals surface area contributed by atoms with Crippen molar-refractivity contribution in [3.8, 4) is 0 Å². The lowest BCUT2D eigenvalue weighted by Crippen LogP contribution is -2.31. The second kappa shape index (κ2) is 6.48. The summed E-state index contributed by atoms with van der Waals surface area (Å²) in [7, 11) is 0. The SMILES string of the molecule is CC(C)C(NC(=O)c1ccc(F)cc1)c1ccc(F)cc1. The molecule has 2 aromatic carbocycles. The molecule has 1 amide bonds. The van der Waals surface area contributed by atoms with Crippen molar-refractivity contribution in [3.63, 3.8) is 0 Å². The van der Waals surface area contributed by atoms with Crippen LogP contribution in [0.3, 0.4) is 0 Å². The van der Waals surface area contributed by atoms with Crippen LogP contribution in [0.4, 0.5) is 8.78 Å². The van der Waals surface area contributed by atoms with Gasteiger partial charge in [0.25, 0.3) is 5.91 Å². The highest BCUT2D eigenvalue weighted by molar-refractivity contribution is 5.94. The predicted molar refractivity (Wildman–Crippen MR) is 77.8 cm³/mol. The molecule has 21 heavy (non-hydrogen) atoms. The molecule has 2 rings (SSSR count). The van der Waals surface area contributed by atoms with Crippen molar-refractivity contribution in [2.24, 2.45) is 5.92 Å². The lowest BCUT2D eigenvalue weighted by Gasteiger charge is -2.23. The topological polar surface area (TPSA) is 29.1 Å². The third kappa shape index (κ3) is 3.88. The zero-order valence-corrected chi connectivity index (χ0v) is 11.9. The van der Waals surface area contributed by atoms with E-state index in [-0.39, 0.29) is 29.5 Å². The summed E-state index contributed by atoms with van der Waals surface area (Å²) in [6.45, 7) is 3.94. The quantitative estimate of drug-likeness (QED) is 0.902.